The van der Waals surface area contributed by atoms with Crippen molar-refractivity contribution in [2.45, 2.75) is 58.7 Å². The number of rotatable bonds is 8. The molecule has 4 atom stereocenters. The van der Waals surface area contributed by atoms with Crippen LogP contribution in [0, 0.1) is 11.8 Å². The number of H-pyrrole nitrogens is 1. The Hall–Kier alpha value is -2.15. The lowest BCUT2D eigenvalue weighted by Gasteiger charge is -2.23. The summed E-state index contributed by atoms with van der Waals surface area (Å²) in [7, 11) is 0. The number of ether oxygens (including phenoxy) is 1. The molecular formula is C19H29N3O4. The second-order valence-corrected chi connectivity index (χ2v) is 7.39. The molecule has 0 aromatic carbocycles. The maximum Gasteiger partial charge on any atom is 0.253 e. The summed E-state index contributed by atoms with van der Waals surface area (Å²) in [6.45, 7) is 8.16. The zero-order valence-electron chi connectivity index (χ0n) is 15.9. The minimum Gasteiger partial charge on any atom is -0.368 e. The van der Waals surface area contributed by atoms with Crippen molar-refractivity contribution in [2.24, 2.45) is 11.8 Å². The normalized spacial score (nSPS) is 22.3. The topological polar surface area (TPSA) is 100 Å². The number of carbonyl (C=O) groups is 3. The predicted molar refractivity (Wildman–Crippen MR) is 97.6 cm³/mol. The van der Waals surface area contributed by atoms with E-state index in [0.717, 1.165) is 6.42 Å². The molecule has 0 bridgehead atoms. The molecule has 1 aromatic rings. The van der Waals surface area contributed by atoms with Crippen LogP contribution in [0.25, 0.3) is 0 Å². The van der Waals surface area contributed by atoms with Crippen molar-refractivity contribution in [3.63, 3.8) is 0 Å². The summed E-state index contributed by atoms with van der Waals surface area (Å²) in [6, 6.07) is 0.299. The van der Waals surface area contributed by atoms with E-state index in [1.165, 1.54) is 0 Å². The van der Waals surface area contributed by atoms with Crippen molar-refractivity contribution >= 4 is 17.6 Å². The lowest BCUT2D eigenvalue weighted by molar-refractivity contribution is -0.127. The molecule has 2 heterocycles. The summed E-state index contributed by atoms with van der Waals surface area (Å²) in [5, 5.41) is 5.54. The van der Waals surface area contributed by atoms with Gasteiger partial charge in [-0.15, -0.1) is 0 Å². The molecule has 3 N–H and O–H groups in total. The van der Waals surface area contributed by atoms with Crippen LogP contribution in [0.15, 0.2) is 18.5 Å². The van der Waals surface area contributed by atoms with E-state index in [1.54, 1.807) is 25.4 Å². The van der Waals surface area contributed by atoms with Crippen molar-refractivity contribution in [3.8, 4) is 0 Å². The Kier molecular flexibility index (Phi) is 6.97. The quantitative estimate of drug-likeness (QED) is 0.654. The fourth-order valence-corrected chi connectivity index (χ4v) is 2.85. The Morgan fingerprint density at radius 2 is 2.04 bits per heavy atom. The van der Waals surface area contributed by atoms with Crippen molar-refractivity contribution in [1.82, 2.24) is 15.6 Å². The standard InChI is InChI=1S/C19H29N3O4/c1-11(2)12(3)5-6-15(21-18(24)14-7-8-20-9-14)19(25)22-17-13(4)26-10-16(17)23/h7-9,11-13,15,17,20H,5-6,10H2,1-4H3,(H,21,24)(H,22,25)/t12?,13-,15-,17-/m0/s1. The fourth-order valence-electron chi connectivity index (χ4n) is 2.85. The highest BCUT2D eigenvalue weighted by Crippen LogP contribution is 2.18. The third-order valence-corrected chi connectivity index (χ3v) is 5.13. The molecule has 1 aromatic heterocycles. The number of aromatic amines is 1. The molecular weight excluding hydrogens is 334 g/mol. The highest BCUT2D eigenvalue weighted by Gasteiger charge is 2.35. The molecule has 0 radical (unpaired) electrons. The van der Waals surface area contributed by atoms with E-state index in [4.69, 9.17) is 4.74 Å². The maximum absolute atomic E-state index is 12.7. The van der Waals surface area contributed by atoms with Crippen LogP contribution in [0.1, 0.15) is 50.9 Å². The first-order chi connectivity index (χ1) is 12.3. The van der Waals surface area contributed by atoms with Gasteiger partial charge in [0.15, 0.2) is 5.78 Å². The second-order valence-electron chi connectivity index (χ2n) is 7.39. The van der Waals surface area contributed by atoms with Gasteiger partial charge in [0, 0.05) is 12.4 Å². The third kappa shape index (κ3) is 5.17. The van der Waals surface area contributed by atoms with Gasteiger partial charge in [-0.1, -0.05) is 20.8 Å². The van der Waals surface area contributed by atoms with E-state index in [2.05, 4.69) is 36.4 Å². The smallest absolute Gasteiger partial charge is 0.253 e. The summed E-state index contributed by atoms with van der Waals surface area (Å²) in [4.78, 5) is 39.8. The molecule has 26 heavy (non-hydrogen) atoms. The molecule has 1 saturated heterocycles. The molecule has 2 amide bonds. The van der Waals surface area contributed by atoms with Crippen LogP contribution in [0.2, 0.25) is 0 Å². The van der Waals surface area contributed by atoms with Crippen LogP contribution in [-0.4, -0.2) is 47.4 Å². The summed E-state index contributed by atoms with van der Waals surface area (Å²) in [6.07, 6.45) is 4.19. The summed E-state index contributed by atoms with van der Waals surface area (Å²) in [5.41, 5.74) is 0.466. The highest BCUT2D eigenvalue weighted by atomic mass is 16.5. The molecule has 1 unspecified atom stereocenters. The number of carbonyl (C=O) groups excluding carboxylic acids is 3. The van der Waals surface area contributed by atoms with E-state index in [1.807, 2.05) is 0 Å². The van der Waals surface area contributed by atoms with Gasteiger partial charge in [0.1, 0.15) is 18.7 Å². The average Bonchev–Trinajstić information content (AvgIpc) is 3.23. The van der Waals surface area contributed by atoms with Gasteiger partial charge in [0.05, 0.1) is 11.7 Å². The van der Waals surface area contributed by atoms with Gasteiger partial charge in [0.25, 0.3) is 5.91 Å². The first-order valence-corrected chi connectivity index (χ1v) is 9.18. The van der Waals surface area contributed by atoms with Gasteiger partial charge in [-0.05, 0) is 37.7 Å². The van der Waals surface area contributed by atoms with Crippen LogP contribution in [-0.2, 0) is 14.3 Å². The summed E-state index contributed by atoms with van der Waals surface area (Å²) < 4.78 is 5.27. The molecule has 0 saturated carbocycles. The van der Waals surface area contributed by atoms with Crippen LogP contribution < -0.4 is 10.6 Å². The Bertz CT molecular complexity index is 627. The molecule has 1 aliphatic heterocycles. The molecule has 144 valence electrons. The van der Waals surface area contributed by atoms with E-state index in [9.17, 15) is 14.4 Å². The van der Waals surface area contributed by atoms with Gasteiger partial charge in [-0.25, -0.2) is 0 Å². The number of ketones is 1. The second kappa shape index (κ2) is 8.98. The van der Waals surface area contributed by atoms with Crippen LogP contribution >= 0.6 is 0 Å². The number of hydrogen-bond acceptors (Lipinski definition) is 4. The van der Waals surface area contributed by atoms with Crippen molar-refractivity contribution < 1.29 is 19.1 Å². The summed E-state index contributed by atoms with van der Waals surface area (Å²) >= 11 is 0. The highest BCUT2D eigenvalue weighted by molar-refractivity contribution is 5.98. The first-order valence-electron chi connectivity index (χ1n) is 9.18. The predicted octanol–water partition coefficient (Wildman–Crippen LogP) is 1.66. The molecule has 1 fully saturated rings. The molecule has 7 nitrogen and oxygen atoms in total. The fraction of sp³-hybridized carbons (Fsp3) is 0.632. The van der Waals surface area contributed by atoms with Crippen molar-refractivity contribution in [1.29, 1.82) is 0 Å². The van der Waals surface area contributed by atoms with Crippen molar-refractivity contribution in [2.75, 3.05) is 6.61 Å². The van der Waals surface area contributed by atoms with Gasteiger partial charge < -0.3 is 20.4 Å². The SMILES string of the molecule is CC(C)C(C)CC[C@H](NC(=O)c1cc[nH]c1)C(=O)N[C@@H]1C(=O)CO[C@H]1C. The number of nitrogens with one attached hydrogen (secondary N) is 3. The average molecular weight is 363 g/mol. The molecule has 0 aliphatic carbocycles. The number of amides is 2. The van der Waals surface area contributed by atoms with Gasteiger partial charge in [-0.2, -0.15) is 0 Å². The molecule has 2 rings (SSSR count). The first kappa shape index (κ1) is 20.2. The lowest BCUT2D eigenvalue weighted by Crippen LogP contribution is -2.53. The Balaban J connectivity index is 2.04. The van der Waals surface area contributed by atoms with E-state index < -0.39 is 12.1 Å². The Labute approximate surface area is 154 Å². The van der Waals surface area contributed by atoms with Crippen LogP contribution in [0.5, 0.6) is 0 Å². The molecule has 1 aliphatic rings. The van der Waals surface area contributed by atoms with E-state index in [0.29, 0.717) is 23.8 Å². The zero-order valence-corrected chi connectivity index (χ0v) is 15.9. The number of hydrogen-bond donors (Lipinski definition) is 3. The largest absolute Gasteiger partial charge is 0.368 e. The number of aromatic nitrogens is 1. The molecule has 7 heteroatoms. The molecule has 0 spiro atoms. The van der Waals surface area contributed by atoms with Crippen LogP contribution in [0.4, 0.5) is 0 Å². The Morgan fingerprint density at radius 1 is 1.31 bits per heavy atom. The van der Waals surface area contributed by atoms with Crippen LogP contribution in [0.3, 0.4) is 0 Å². The van der Waals surface area contributed by atoms with Gasteiger partial charge >= 0.3 is 0 Å². The maximum atomic E-state index is 12.7. The van der Waals surface area contributed by atoms with Crippen molar-refractivity contribution in [3.05, 3.63) is 24.0 Å². The lowest BCUT2D eigenvalue weighted by atomic mass is 9.91. The summed E-state index contributed by atoms with van der Waals surface area (Å²) in [5.74, 6) is 0.108. The van der Waals surface area contributed by atoms with Gasteiger partial charge in [0.2, 0.25) is 5.91 Å². The minimum atomic E-state index is -0.695. The zero-order chi connectivity index (χ0) is 19.3. The monoisotopic (exact) mass is 363 g/mol. The number of Topliss-reactive ketones (excluding diaryl/α,β-unsaturated/α-hetero) is 1. The minimum absolute atomic E-state index is 0.0108. The van der Waals surface area contributed by atoms with Gasteiger partial charge in [-0.3, -0.25) is 14.4 Å². The van der Waals surface area contributed by atoms with E-state index in [-0.39, 0.29) is 30.3 Å². The third-order valence-electron chi connectivity index (χ3n) is 5.13. The van der Waals surface area contributed by atoms with E-state index >= 15 is 0 Å². The Morgan fingerprint density at radius 3 is 2.58 bits per heavy atom.